The lowest BCUT2D eigenvalue weighted by molar-refractivity contribution is -0.125. The van der Waals surface area contributed by atoms with Crippen molar-refractivity contribution in [1.82, 2.24) is 15.2 Å². The van der Waals surface area contributed by atoms with Crippen LogP contribution in [0.25, 0.3) is 0 Å². The first-order valence-electron chi connectivity index (χ1n) is 10.0. The number of likely N-dealkylation sites (tertiary alicyclic amines) is 1. The number of nitrogens with one attached hydrogen (secondary N) is 2. The average molecular weight is 464 g/mol. The lowest BCUT2D eigenvalue weighted by Crippen LogP contribution is -2.54. The summed E-state index contributed by atoms with van der Waals surface area (Å²) in [5.74, 6) is -0.439. The van der Waals surface area contributed by atoms with Crippen LogP contribution >= 0.6 is 0 Å². The highest BCUT2D eigenvalue weighted by Crippen LogP contribution is 2.28. The molecule has 1 aliphatic rings. The maximum absolute atomic E-state index is 13.6. The molecule has 1 aromatic heterocycles. The van der Waals surface area contributed by atoms with E-state index in [9.17, 15) is 9.18 Å². The fourth-order valence-corrected chi connectivity index (χ4v) is 3.37. The molecule has 1 aromatic carbocycles. The van der Waals surface area contributed by atoms with Crippen LogP contribution in [0.1, 0.15) is 12.1 Å². The number of carboxylic acid groups (broad SMARTS) is 2. The highest BCUT2D eigenvalue weighted by molar-refractivity contribution is 5.90. The van der Waals surface area contributed by atoms with Crippen molar-refractivity contribution in [2.24, 2.45) is 0 Å². The van der Waals surface area contributed by atoms with Crippen molar-refractivity contribution in [2.75, 3.05) is 38.7 Å². The van der Waals surface area contributed by atoms with E-state index in [4.69, 9.17) is 24.5 Å². The first-order valence-corrected chi connectivity index (χ1v) is 10.0. The molecule has 1 fully saturated rings. The molecule has 1 atom stereocenters. The van der Waals surface area contributed by atoms with Gasteiger partial charge >= 0.3 is 0 Å². The summed E-state index contributed by atoms with van der Waals surface area (Å²) in [4.78, 5) is 36.2. The maximum atomic E-state index is 13.6. The van der Waals surface area contributed by atoms with Crippen LogP contribution in [0.3, 0.4) is 0 Å². The van der Waals surface area contributed by atoms with E-state index in [-0.39, 0.29) is 24.7 Å². The number of halogens is 1. The zero-order chi connectivity index (χ0) is 24.5. The van der Waals surface area contributed by atoms with Crippen LogP contribution in [0.2, 0.25) is 0 Å². The summed E-state index contributed by atoms with van der Waals surface area (Å²) in [6, 6.07) is 12.0. The normalized spacial score (nSPS) is 16.9. The van der Waals surface area contributed by atoms with Gasteiger partial charge in [0, 0.05) is 45.2 Å². The number of carbonyl (C=O) groups is 3. The SMILES string of the molecule is COCCNC(=O)C1(Nc2cccc(F)c2)CCN(Cc2ccccn2)C1.O=CO.O=CO. The Bertz CT molecular complexity index is 852. The van der Waals surface area contributed by atoms with E-state index in [0.717, 1.165) is 12.2 Å². The van der Waals surface area contributed by atoms with Crippen molar-refractivity contribution >= 4 is 24.5 Å². The lowest BCUT2D eigenvalue weighted by Gasteiger charge is -2.30. The topological polar surface area (TPSA) is 141 Å². The van der Waals surface area contributed by atoms with Gasteiger partial charge in [-0.05, 0) is 36.8 Å². The van der Waals surface area contributed by atoms with Gasteiger partial charge < -0.3 is 25.6 Å². The molecule has 4 N–H and O–H groups in total. The van der Waals surface area contributed by atoms with Crippen molar-refractivity contribution in [3.8, 4) is 0 Å². The number of aromatic nitrogens is 1. The Morgan fingerprint density at radius 2 is 1.97 bits per heavy atom. The van der Waals surface area contributed by atoms with Crippen LogP contribution in [0, 0.1) is 5.82 Å². The fraction of sp³-hybridized carbons (Fsp3) is 0.364. The van der Waals surface area contributed by atoms with E-state index in [2.05, 4.69) is 20.5 Å². The van der Waals surface area contributed by atoms with Gasteiger partial charge in [-0.2, -0.15) is 0 Å². The predicted molar refractivity (Wildman–Crippen MR) is 119 cm³/mol. The van der Waals surface area contributed by atoms with Crippen LogP contribution in [0.4, 0.5) is 10.1 Å². The van der Waals surface area contributed by atoms with Crippen LogP contribution in [0.5, 0.6) is 0 Å². The van der Waals surface area contributed by atoms with E-state index in [1.807, 2.05) is 18.2 Å². The number of benzene rings is 1. The number of pyridine rings is 1. The molecule has 0 saturated carbocycles. The van der Waals surface area contributed by atoms with Gasteiger partial charge in [-0.25, -0.2) is 4.39 Å². The number of methoxy groups -OCH3 is 1. The standard InChI is InChI=1S/C20H25FN4O2.2CH2O2/c1-27-12-10-23-19(26)20(24-17-7-4-5-16(21)13-17)8-11-25(15-20)14-18-6-2-3-9-22-18;2*2-1-3/h2-7,9,13,24H,8,10-12,14-15H2,1H3,(H,23,26);2*1H,(H,2,3). The van der Waals surface area contributed by atoms with Crippen molar-refractivity contribution in [2.45, 2.75) is 18.5 Å². The van der Waals surface area contributed by atoms with Gasteiger partial charge in [0.25, 0.3) is 12.9 Å². The average Bonchev–Trinajstić information content (AvgIpc) is 3.19. The predicted octanol–water partition coefficient (Wildman–Crippen LogP) is 1.44. The van der Waals surface area contributed by atoms with Crippen LogP contribution in [-0.4, -0.2) is 77.8 Å². The molecule has 0 spiro atoms. The zero-order valence-electron chi connectivity index (χ0n) is 18.3. The van der Waals surface area contributed by atoms with Crippen molar-refractivity contribution in [3.05, 3.63) is 60.2 Å². The second-order valence-electron chi connectivity index (χ2n) is 6.96. The molecule has 180 valence electrons. The maximum Gasteiger partial charge on any atom is 0.290 e. The number of nitrogens with zero attached hydrogens (tertiary/aromatic N) is 2. The molecule has 3 rings (SSSR count). The molecule has 33 heavy (non-hydrogen) atoms. The molecule has 1 saturated heterocycles. The minimum absolute atomic E-state index is 0.104. The molecule has 2 heterocycles. The number of hydrogen-bond donors (Lipinski definition) is 4. The molecule has 1 unspecified atom stereocenters. The number of anilines is 1. The highest BCUT2D eigenvalue weighted by atomic mass is 19.1. The highest BCUT2D eigenvalue weighted by Gasteiger charge is 2.44. The Morgan fingerprint density at radius 1 is 1.24 bits per heavy atom. The molecule has 0 bridgehead atoms. The molecule has 2 aromatic rings. The zero-order valence-corrected chi connectivity index (χ0v) is 18.3. The monoisotopic (exact) mass is 464 g/mol. The van der Waals surface area contributed by atoms with Gasteiger partial charge in [0.05, 0.1) is 12.3 Å². The first-order chi connectivity index (χ1) is 15.9. The molecule has 0 aliphatic carbocycles. The van der Waals surface area contributed by atoms with E-state index < -0.39 is 5.54 Å². The third-order valence-corrected chi connectivity index (χ3v) is 4.69. The Labute approximate surface area is 191 Å². The largest absolute Gasteiger partial charge is 0.483 e. The molecular weight excluding hydrogens is 435 g/mol. The summed E-state index contributed by atoms with van der Waals surface area (Å²) in [5.41, 5.74) is 0.728. The molecular formula is C22H29FN4O6. The number of carbonyl (C=O) groups excluding carboxylic acids is 1. The molecule has 11 heteroatoms. The number of amides is 1. The Balaban J connectivity index is 0.000000819. The van der Waals surface area contributed by atoms with E-state index in [1.165, 1.54) is 12.1 Å². The van der Waals surface area contributed by atoms with Gasteiger partial charge in [0.1, 0.15) is 11.4 Å². The minimum Gasteiger partial charge on any atom is -0.483 e. The quantitative estimate of drug-likeness (QED) is 0.337. The molecule has 1 amide bonds. The smallest absolute Gasteiger partial charge is 0.290 e. The summed E-state index contributed by atoms with van der Waals surface area (Å²) in [6.07, 6.45) is 2.39. The third kappa shape index (κ3) is 9.62. The van der Waals surface area contributed by atoms with E-state index >= 15 is 0 Å². The Morgan fingerprint density at radius 3 is 2.58 bits per heavy atom. The lowest BCUT2D eigenvalue weighted by atomic mass is 9.96. The summed E-state index contributed by atoms with van der Waals surface area (Å²) in [6.45, 7) is 2.30. The van der Waals surface area contributed by atoms with Gasteiger partial charge in [-0.1, -0.05) is 12.1 Å². The van der Waals surface area contributed by atoms with Crippen molar-refractivity contribution in [1.29, 1.82) is 0 Å². The summed E-state index contributed by atoms with van der Waals surface area (Å²) < 4.78 is 18.6. The minimum atomic E-state index is -0.823. The number of rotatable bonds is 8. The van der Waals surface area contributed by atoms with Gasteiger partial charge in [-0.3, -0.25) is 24.3 Å². The Hall–Kier alpha value is -3.57. The van der Waals surface area contributed by atoms with E-state index in [0.29, 0.717) is 38.3 Å². The van der Waals surface area contributed by atoms with Crippen molar-refractivity contribution in [3.63, 3.8) is 0 Å². The van der Waals surface area contributed by atoms with Gasteiger partial charge in [-0.15, -0.1) is 0 Å². The van der Waals surface area contributed by atoms with Crippen molar-refractivity contribution < 1.29 is 33.7 Å². The van der Waals surface area contributed by atoms with E-state index in [1.54, 1.807) is 25.4 Å². The first kappa shape index (κ1) is 27.5. The molecule has 1 aliphatic heterocycles. The summed E-state index contributed by atoms with van der Waals surface area (Å²) in [7, 11) is 1.59. The fourth-order valence-electron chi connectivity index (χ4n) is 3.37. The number of ether oxygens (including phenoxy) is 1. The van der Waals surface area contributed by atoms with Gasteiger partial charge in [0.2, 0.25) is 5.91 Å². The summed E-state index contributed by atoms with van der Waals surface area (Å²) >= 11 is 0. The van der Waals surface area contributed by atoms with Crippen LogP contribution in [-0.2, 0) is 25.7 Å². The van der Waals surface area contributed by atoms with Crippen LogP contribution in [0.15, 0.2) is 48.7 Å². The second kappa shape index (κ2) is 15.3. The number of hydrogen-bond acceptors (Lipinski definition) is 7. The van der Waals surface area contributed by atoms with Gasteiger partial charge in [0.15, 0.2) is 0 Å². The summed E-state index contributed by atoms with van der Waals surface area (Å²) in [5, 5.41) is 20.0. The Kier molecular flexibility index (Phi) is 12.7. The molecule has 10 nitrogen and oxygen atoms in total. The second-order valence-corrected chi connectivity index (χ2v) is 6.96. The third-order valence-electron chi connectivity index (χ3n) is 4.69. The molecule has 0 radical (unpaired) electrons. The van der Waals surface area contributed by atoms with Crippen LogP contribution < -0.4 is 10.6 Å².